The standard InChI is InChI=1S/C30H48O3/c1-26(2)13-10-18-19(16-26)21-8-9-23-28(5)14-12-24(31)27(3,4)22(28)11-15-29(23,6)30(21,7)17-20(18)25(32)33/h8,18-20,22-24,31H,9-17H2,1-7H3,(H,32,33)/t18-,19-,20+,22+,23-,24+,28+,29-,30-/m1/s1. The van der Waals surface area contributed by atoms with Crippen molar-refractivity contribution >= 4 is 5.97 Å². The molecule has 2 N–H and O–H groups in total. The summed E-state index contributed by atoms with van der Waals surface area (Å²) < 4.78 is 0. The molecule has 186 valence electrons. The largest absolute Gasteiger partial charge is 0.481 e. The molecule has 3 heteroatoms. The van der Waals surface area contributed by atoms with Crippen LogP contribution in [0.1, 0.15) is 106 Å². The maximum absolute atomic E-state index is 12.6. The lowest BCUT2D eigenvalue weighted by Crippen LogP contribution is -2.64. The molecule has 5 aliphatic carbocycles. The Morgan fingerprint density at radius 2 is 1.61 bits per heavy atom. The summed E-state index contributed by atoms with van der Waals surface area (Å²) in [5.74, 6) is 1.07. The molecule has 0 aromatic carbocycles. The van der Waals surface area contributed by atoms with E-state index in [2.05, 4.69) is 54.5 Å². The second kappa shape index (κ2) is 7.11. The van der Waals surface area contributed by atoms with Crippen LogP contribution in [0.5, 0.6) is 0 Å². The van der Waals surface area contributed by atoms with Crippen LogP contribution in [0.2, 0.25) is 0 Å². The summed E-state index contributed by atoms with van der Waals surface area (Å²) >= 11 is 0. The highest BCUT2D eigenvalue weighted by molar-refractivity contribution is 5.71. The van der Waals surface area contributed by atoms with Crippen LogP contribution < -0.4 is 0 Å². The Balaban J connectivity index is 1.60. The second-order valence-corrected chi connectivity index (χ2v) is 15.0. The average molecular weight is 457 g/mol. The van der Waals surface area contributed by atoms with Crippen LogP contribution in [0.15, 0.2) is 11.6 Å². The van der Waals surface area contributed by atoms with Gasteiger partial charge in [-0.15, -0.1) is 0 Å². The fraction of sp³-hybridized carbons (Fsp3) is 0.900. The molecule has 0 unspecified atom stereocenters. The van der Waals surface area contributed by atoms with Gasteiger partial charge in [0.15, 0.2) is 0 Å². The molecule has 0 spiro atoms. The van der Waals surface area contributed by atoms with Crippen molar-refractivity contribution in [2.24, 2.45) is 56.7 Å². The van der Waals surface area contributed by atoms with Crippen molar-refractivity contribution in [3.05, 3.63) is 11.6 Å². The molecule has 0 aromatic rings. The van der Waals surface area contributed by atoms with Crippen molar-refractivity contribution in [2.75, 3.05) is 0 Å². The minimum atomic E-state index is -0.558. The zero-order valence-electron chi connectivity index (χ0n) is 22.2. The summed E-state index contributed by atoms with van der Waals surface area (Å²) in [4.78, 5) is 12.6. The van der Waals surface area contributed by atoms with Gasteiger partial charge >= 0.3 is 5.97 Å². The first-order chi connectivity index (χ1) is 15.2. The monoisotopic (exact) mass is 456 g/mol. The number of aliphatic carboxylic acids is 1. The van der Waals surface area contributed by atoms with E-state index in [0.717, 1.165) is 57.8 Å². The third-order valence-electron chi connectivity index (χ3n) is 12.8. The third kappa shape index (κ3) is 3.06. The summed E-state index contributed by atoms with van der Waals surface area (Å²) in [5.41, 5.74) is 2.18. The van der Waals surface area contributed by atoms with Gasteiger partial charge in [0.05, 0.1) is 12.0 Å². The third-order valence-corrected chi connectivity index (χ3v) is 12.8. The van der Waals surface area contributed by atoms with Gasteiger partial charge in [0.25, 0.3) is 0 Å². The van der Waals surface area contributed by atoms with Gasteiger partial charge in [0, 0.05) is 0 Å². The Bertz CT molecular complexity index is 870. The topological polar surface area (TPSA) is 57.5 Å². The maximum Gasteiger partial charge on any atom is 0.306 e. The summed E-state index contributed by atoms with van der Waals surface area (Å²) in [5, 5.41) is 21.3. The zero-order valence-corrected chi connectivity index (χ0v) is 22.2. The lowest BCUT2D eigenvalue weighted by molar-refractivity contribution is -0.205. The molecular formula is C30H48O3. The van der Waals surface area contributed by atoms with E-state index in [4.69, 9.17) is 0 Å². The summed E-state index contributed by atoms with van der Waals surface area (Å²) in [6, 6.07) is 0. The summed E-state index contributed by atoms with van der Waals surface area (Å²) in [6.45, 7) is 16.9. The van der Waals surface area contributed by atoms with Crippen LogP contribution in [-0.2, 0) is 4.79 Å². The van der Waals surface area contributed by atoms with Crippen LogP contribution in [0.3, 0.4) is 0 Å². The molecule has 0 amide bonds. The smallest absolute Gasteiger partial charge is 0.306 e. The SMILES string of the molecule is CC1(C)CC[C@H]2[C@@H](C(=O)O)C[C@]3(C)C(=CC[C@@H]4[C@@]5(C)CC[C@H](O)C(C)(C)[C@@H]5CC[C@]43C)[C@@H]2C1. The van der Waals surface area contributed by atoms with Crippen molar-refractivity contribution in [3.8, 4) is 0 Å². The van der Waals surface area contributed by atoms with Gasteiger partial charge in [-0.2, -0.15) is 0 Å². The van der Waals surface area contributed by atoms with E-state index >= 15 is 0 Å². The summed E-state index contributed by atoms with van der Waals surface area (Å²) in [7, 11) is 0. The molecule has 0 aliphatic heterocycles. The van der Waals surface area contributed by atoms with Crippen molar-refractivity contribution in [3.63, 3.8) is 0 Å². The van der Waals surface area contributed by atoms with E-state index in [9.17, 15) is 15.0 Å². The van der Waals surface area contributed by atoms with E-state index in [-0.39, 0.29) is 33.7 Å². The van der Waals surface area contributed by atoms with Crippen LogP contribution in [0.4, 0.5) is 0 Å². The first kappa shape index (κ1) is 23.9. The number of aliphatic hydroxyl groups is 1. The maximum atomic E-state index is 12.6. The van der Waals surface area contributed by atoms with Crippen LogP contribution in [-0.4, -0.2) is 22.3 Å². The number of carboxylic acid groups (broad SMARTS) is 1. The number of hydrogen-bond donors (Lipinski definition) is 2. The molecule has 0 heterocycles. The van der Waals surface area contributed by atoms with Gasteiger partial charge in [-0.25, -0.2) is 0 Å². The number of fused-ring (bicyclic) bond motifs is 7. The van der Waals surface area contributed by atoms with Crippen LogP contribution >= 0.6 is 0 Å². The number of rotatable bonds is 1. The number of hydrogen-bond acceptors (Lipinski definition) is 2. The average Bonchev–Trinajstić information content (AvgIpc) is 2.70. The Labute approximate surface area is 201 Å². The van der Waals surface area contributed by atoms with Crippen molar-refractivity contribution < 1.29 is 15.0 Å². The molecule has 5 rings (SSSR count). The molecule has 3 nitrogen and oxygen atoms in total. The van der Waals surface area contributed by atoms with Gasteiger partial charge < -0.3 is 10.2 Å². The van der Waals surface area contributed by atoms with Gasteiger partial charge in [0.1, 0.15) is 0 Å². The van der Waals surface area contributed by atoms with E-state index in [1.54, 1.807) is 5.57 Å². The predicted octanol–water partition coefficient (Wildman–Crippen LogP) is 7.09. The van der Waals surface area contributed by atoms with Crippen molar-refractivity contribution in [1.29, 1.82) is 0 Å². The number of aliphatic hydroxyl groups excluding tert-OH is 1. The highest BCUT2D eigenvalue weighted by Crippen LogP contribution is 2.75. The highest BCUT2D eigenvalue weighted by atomic mass is 16.4. The fourth-order valence-corrected chi connectivity index (χ4v) is 10.7. The molecule has 0 bridgehead atoms. The van der Waals surface area contributed by atoms with E-state index in [0.29, 0.717) is 29.1 Å². The quantitative estimate of drug-likeness (QED) is 0.414. The van der Waals surface area contributed by atoms with E-state index in [1.807, 2.05) is 0 Å². The molecule has 4 saturated carbocycles. The first-order valence-electron chi connectivity index (χ1n) is 13.8. The number of carbonyl (C=O) groups is 1. The first-order valence-corrected chi connectivity index (χ1v) is 13.8. The second-order valence-electron chi connectivity index (χ2n) is 15.0. The van der Waals surface area contributed by atoms with Gasteiger partial charge in [0.2, 0.25) is 0 Å². The Kier molecular flexibility index (Phi) is 5.15. The van der Waals surface area contributed by atoms with Crippen molar-refractivity contribution in [1.82, 2.24) is 0 Å². The Hall–Kier alpha value is -0.830. The summed E-state index contributed by atoms with van der Waals surface area (Å²) in [6.07, 6.45) is 12.0. The van der Waals surface area contributed by atoms with Crippen LogP contribution in [0.25, 0.3) is 0 Å². The van der Waals surface area contributed by atoms with E-state index < -0.39 is 5.97 Å². The molecule has 0 radical (unpaired) electrons. The van der Waals surface area contributed by atoms with Crippen LogP contribution in [0, 0.1) is 56.7 Å². The predicted molar refractivity (Wildman–Crippen MR) is 133 cm³/mol. The highest BCUT2D eigenvalue weighted by Gasteiger charge is 2.68. The Morgan fingerprint density at radius 1 is 0.909 bits per heavy atom. The van der Waals surface area contributed by atoms with Crippen molar-refractivity contribution in [2.45, 2.75) is 112 Å². The molecule has 0 aromatic heterocycles. The fourth-order valence-electron chi connectivity index (χ4n) is 10.7. The Morgan fingerprint density at radius 3 is 2.27 bits per heavy atom. The minimum absolute atomic E-state index is 0.0399. The van der Waals surface area contributed by atoms with Gasteiger partial charge in [-0.1, -0.05) is 60.1 Å². The molecule has 5 aliphatic rings. The molecule has 33 heavy (non-hydrogen) atoms. The number of allylic oxidation sites excluding steroid dienone is 2. The lowest BCUT2D eigenvalue weighted by atomic mass is 9.34. The lowest BCUT2D eigenvalue weighted by Gasteiger charge is -2.71. The van der Waals surface area contributed by atoms with E-state index in [1.165, 1.54) is 0 Å². The molecule has 0 saturated heterocycles. The zero-order chi connectivity index (χ0) is 24.2. The van der Waals surface area contributed by atoms with Gasteiger partial charge in [-0.05, 0) is 109 Å². The number of carboxylic acids is 1. The molecule has 4 fully saturated rings. The normalized spacial score (nSPS) is 52.4. The molecule has 9 atom stereocenters. The van der Waals surface area contributed by atoms with Gasteiger partial charge in [-0.3, -0.25) is 4.79 Å². The molecular weight excluding hydrogens is 408 g/mol. The minimum Gasteiger partial charge on any atom is -0.481 e.